The zero-order valence-electron chi connectivity index (χ0n) is 20.0. The first kappa shape index (κ1) is 22.2. The molecule has 2 fully saturated rings. The van der Waals surface area contributed by atoms with Gasteiger partial charge in [-0.05, 0) is 31.2 Å². The third-order valence-corrected chi connectivity index (χ3v) is 8.14. The van der Waals surface area contributed by atoms with Crippen LogP contribution in [0.15, 0.2) is 47.2 Å². The van der Waals surface area contributed by atoms with Crippen LogP contribution in [0.4, 0.5) is 14.6 Å². The molecular weight excluding hydrogens is 478 g/mol. The van der Waals surface area contributed by atoms with Crippen molar-refractivity contribution in [2.75, 3.05) is 24.5 Å². The van der Waals surface area contributed by atoms with Gasteiger partial charge in [-0.3, -0.25) is 10.1 Å². The first-order valence-electron chi connectivity index (χ1n) is 12.3. The van der Waals surface area contributed by atoms with Gasteiger partial charge in [0.15, 0.2) is 5.65 Å². The van der Waals surface area contributed by atoms with Crippen LogP contribution in [0.1, 0.15) is 29.9 Å². The molecule has 1 aliphatic heterocycles. The minimum atomic E-state index is -2.62. The van der Waals surface area contributed by atoms with Gasteiger partial charge in [0.2, 0.25) is 0 Å². The van der Waals surface area contributed by atoms with E-state index in [1.807, 2.05) is 13.0 Å². The van der Waals surface area contributed by atoms with E-state index < -0.39 is 6.43 Å². The Morgan fingerprint density at radius 3 is 2.89 bits per heavy atom. The number of nitrogens with zero attached hydrogens (tertiary/aromatic N) is 6. The SMILES string of the molecule is Cc1cc([C@@]2(CN)[C@@H]3CCN(c4cnc5c(-c6ccc(C(F)F)c7ncccc67)n[nH]c5n4)C[C@@H]32)no1. The Hall–Kier alpha value is -3.99. The number of aryl methyl sites for hydroxylation is 1. The number of nitrogens with two attached hydrogens (primary N) is 1. The fourth-order valence-electron chi connectivity index (χ4n) is 6.27. The smallest absolute Gasteiger partial charge is 0.265 e. The minimum Gasteiger partial charge on any atom is -0.361 e. The summed E-state index contributed by atoms with van der Waals surface area (Å²) in [5.41, 5.74) is 9.56. The van der Waals surface area contributed by atoms with E-state index in [4.69, 9.17) is 20.2 Å². The molecule has 5 aromatic rings. The van der Waals surface area contributed by atoms with Gasteiger partial charge in [-0.1, -0.05) is 23.4 Å². The van der Waals surface area contributed by atoms with E-state index in [1.54, 1.807) is 24.4 Å². The van der Waals surface area contributed by atoms with Crippen molar-refractivity contribution in [1.29, 1.82) is 0 Å². The van der Waals surface area contributed by atoms with Gasteiger partial charge in [-0.15, -0.1) is 0 Å². The summed E-state index contributed by atoms with van der Waals surface area (Å²) in [5.74, 6) is 2.40. The van der Waals surface area contributed by atoms with Crippen molar-refractivity contribution in [3.63, 3.8) is 0 Å². The molecule has 3 atom stereocenters. The lowest BCUT2D eigenvalue weighted by Crippen LogP contribution is -2.32. The zero-order valence-corrected chi connectivity index (χ0v) is 20.0. The predicted molar refractivity (Wildman–Crippen MR) is 133 cm³/mol. The predicted octanol–water partition coefficient (Wildman–Crippen LogP) is 4.15. The molecule has 1 aliphatic carbocycles. The molecule has 5 heterocycles. The highest BCUT2D eigenvalue weighted by atomic mass is 19.3. The van der Waals surface area contributed by atoms with Crippen LogP contribution in [0, 0.1) is 18.8 Å². The second kappa shape index (κ2) is 8.01. The number of hydrogen-bond donors (Lipinski definition) is 2. The molecule has 0 bridgehead atoms. The fraction of sp³-hybridized carbons (Fsp3) is 0.346. The van der Waals surface area contributed by atoms with E-state index in [2.05, 4.69) is 25.2 Å². The standard InChI is InChI=1S/C26H24F2N8O/c1-13-9-19(35-37-13)26(12-29)17-6-8-36(11-18(17)26)20-10-31-23-22(33-34-25(23)32-20)15-4-5-16(24(27)28)21-14(15)3-2-7-30-21/h2-5,7,9-10,17-18,24H,6,8,11-12,29H2,1H3,(H,32,33,34)/t17-,18+,26+/m1/s1. The fourth-order valence-corrected chi connectivity index (χ4v) is 6.27. The van der Waals surface area contributed by atoms with Crippen molar-refractivity contribution in [1.82, 2.24) is 30.3 Å². The van der Waals surface area contributed by atoms with Crippen LogP contribution >= 0.6 is 0 Å². The summed E-state index contributed by atoms with van der Waals surface area (Å²) in [5, 5.41) is 12.3. The number of alkyl halides is 2. The molecule has 11 heteroatoms. The average molecular weight is 503 g/mol. The molecule has 0 spiro atoms. The van der Waals surface area contributed by atoms with Crippen LogP contribution < -0.4 is 10.6 Å². The molecule has 0 amide bonds. The maximum absolute atomic E-state index is 13.5. The Balaban J connectivity index is 1.21. The molecule has 1 aromatic carbocycles. The molecule has 37 heavy (non-hydrogen) atoms. The van der Waals surface area contributed by atoms with Gasteiger partial charge < -0.3 is 15.2 Å². The van der Waals surface area contributed by atoms with Gasteiger partial charge in [-0.2, -0.15) is 5.10 Å². The highest BCUT2D eigenvalue weighted by molar-refractivity contribution is 6.01. The molecule has 0 radical (unpaired) electrons. The largest absolute Gasteiger partial charge is 0.361 e. The van der Waals surface area contributed by atoms with Gasteiger partial charge >= 0.3 is 0 Å². The zero-order chi connectivity index (χ0) is 25.3. The number of hydrogen-bond acceptors (Lipinski definition) is 8. The van der Waals surface area contributed by atoms with Crippen molar-refractivity contribution < 1.29 is 13.3 Å². The van der Waals surface area contributed by atoms with E-state index in [0.29, 0.717) is 46.2 Å². The number of fused-ring (bicyclic) bond motifs is 3. The number of halogens is 2. The van der Waals surface area contributed by atoms with Gasteiger partial charge in [0.05, 0.1) is 17.4 Å². The maximum atomic E-state index is 13.5. The summed E-state index contributed by atoms with van der Waals surface area (Å²) in [6.45, 7) is 4.08. The third-order valence-electron chi connectivity index (χ3n) is 8.14. The number of benzene rings is 1. The van der Waals surface area contributed by atoms with Gasteiger partial charge in [0.1, 0.15) is 22.8 Å². The van der Waals surface area contributed by atoms with E-state index in [-0.39, 0.29) is 16.5 Å². The van der Waals surface area contributed by atoms with E-state index in [9.17, 15) is 8.78 Å². The summed E-state index contributed by atoms with van der Waals surface area (Å²) >= 11 is 0. The number of anilines is 1. The molecule has 2 aliphatic rings. The van der Waals surface area contributed by atoms with Crippen LogP contribution in [0.2, 0.25) is 0 Å². The molecular formula is C26H24F2N8O. The second-order valence-electron chi connectivity index (χ2n) is 9.92. The Morgan fingerprint density at radius 1 is 1.22 bits per heavy atom. The van der Waals surface area contributed by atoms with Crippen LogP contribution in [-0.2, 0) is 5.41 Å². The summed E-state index contributed by atoms with van der Waals surface area (Å²) < 4.78 is 32.4. The summed E-state index contributed by atoms with van der Waals surface area (Å²) in [6, 6.07) is 8.54. The molecule has 188 valence electrons. The van der Waals surface area contributed by atoms with Crippen molar-refractivity contribution in [3.8, 4) is 11.3 Å². The van der Waals surface area contributed by atoms with Gasteiger partial charge in [0, 0.05) is 53.8 Å². The minimum absolute atomic E-state index is 0.106. The van der Waals surface area contributed by atoms with Crippen LogP contribution in [-0.4, -0.2) is 49.9 Å². The average Bonchev–Trinajstić information content (AvgIpc) is 3.16. The van der Waals surface area contributed by atoms with E-state index in [1.165, 1.54) is 12.3 Å². The Morgan fingerprint density at radius 2 is 2.11 bits per heavy atom. The molecule has 7 rings (SSSR count). The van der Waals surface area contributed by atoms with Gasteiger partial charge in [-0.25, -0.2) is 18.7 Å². The highest BCUT2D eigenvalue weighted by Gasteiger charge is 2.67. The molecule has 9 nitrogen and oxygen atoms in total. The van der Waals surface area contributed by atoms with Crippen molar-refractivity contribution >= 4 is 27.9 Å². The lowest BCUT2D eigenvalue weighted by molar-refractivity contribution is 0.153. The Labute approximate surface area is 210 Å². The first-order valence-corrected chi connectivity index (χ1v) is 12.3. The quantitative estimate of drug-likeness (QED) is 0.367. The van der Waals surface area contributed by atoms with Crippen molar-refractivity contribution in [3.05, 3.63) is 59.7 Å². The second-order valence-corrected chi connectivity index (χ2v) is 9.92. The maximum Gasteiger partial charge on any atom is 0.265 e. The topological polar surface area (TPSA) is 123 Å². The number of piperidine rings is 1. The Kier molecular flexibility index (Phi) is 4.81. The number of rotatable bonds is 5. The van der Waals surface area contributed by atoms with Crippen LogP contribution in [0.25, 0.3) is 33.3 Å². The molecule has 0 unspecified atom stereocenters. The number of nitrogens with one attached hydrogen (secondary N) is 1. The first-order chi connectivity index (χ1) is 18.0. The monoisotopic (exact) mass is 502 g/mol. The molecule has 4 aromatic heterocycles. The lowest BCUT2D eigenvalue weighted by atomic mass is 9.97. The number of aromatic nitrogens is 6. The van der Waals surface area contributed by atoms with Gasteiger partial charge in [0.25, 0.3) is 6.43 Å². The van der Waals surface area contributed by atoms with E-state index >= 15 is 0 Å². The van der Waals surface area contributed by atoms with E-state index in [0.717, 1.165) is 36.8 Å². The lowest BCUT2D eigenvalue weighted by Gasteiger charge is -2.26. The molecule has 1 saturated heterocycles. The summed E-state index contributed by atoms with van der Waals surface area (Å²) in [4.78, 5) is 15.9. The number of aromatic amines is 1. The van der Waals surface area contributed by atoms with Crippen molar-refractivity contribution in [2.45, 2.75) is 25.2 Å². The highest BCUT2D eigenvalue weighted by Crippen LogP contribution is 2.62. The molecule has 1 saturated carbocycles. The third kappa shape index (κ3) is 3.19. The van der Waals surface area contributed by atoms with Crippen LogP contribution in [0.3, 0.4) is 0 Å². The number of H-pyrrole nitrogens is 1. The Bertz CT molecular complexity index is 1650. The van der Waals surface area contributed by atoms with Crippen LogP contribution in [0.5, 0.6) is 0 Å². The summed E-state index contributed by atoms with van der Waals surface area (Å²) in [7, 11) is 0. The number of pyridine rings is 1. The summed E-state index contributed by atoms with van der Waals surface area (Å²) in [6.07, 6.45) is 1.63. The molecule has 3 N–H and O–H groups in total. The normalized spacial score (nSPS) is 23.2. The van der Waals surface area contributed by atoms with Crippen molar-refractivity contribution in [2.24, 2.45) is 17.6 Å².